The number of rotatable bonds is 7. The predicted octanol–water partition coefficient (Wildman–Crippen LogP) is 5.38. The molecule has 0 radical (unpaired) electrons. The molecule has 3 aromatic rings. The Kier molecular flexibility index (Phi) is 6.72. The summed E-state index contributed by atoms with van der Waals surface area (Å²) in [5.41, 5.74) is 5.08. The summed E-state index contributed by atoms with van der Waals surface area (Å²) in [7, 11) is 6.36. The summed E-state index contributed by atoms with van der Waals surface area (Å²) in [5.74, 6) is 0.986. The lowest BCUT2D eigenvalue weighted by Gasteiger charge is -2.37. The van der Waals surface area contributed by atoms with Crippen LogP contribution in [-0.4, -0.2) is 45.3 Å². The summed E-state index contributed by atoms with van der Waals surface area (Å²) >= 11 is 0. The van der Waals surface area contributed by atoms with E-state index in [0.29, 0.717) is 41.4 Å². The van der Waals surface area contributed by atoms with Gasteiger partial charge in [0.25, 0.3) is 0 Å². The van der Waals surface area contributed by atoms with Crippen LogP contribution in [0.2, 0.25) is 0 Å². The van der Waals surface area contributed by atoms with Gasteiger partial charge in [-0.25, -0.2) is 4.79 Å². The van der Waals surface area contributed by atoms with Crippen molar-refractivity contribution in [3.8, 4) is 23.0 Å². The smallest absolute Gasteiger partial charge is 0.335 e. The number of carbonyl (C=O) groups is 2. The van der Waals surface area contributed by atoms with Crippen LogP contribution < -0.4 is 24.3 Å². The van der Waals surface area contributed by atoms with Gasteiger partial charge in [-0.3, -0.25) is 4.79 Å². The first-order chi connectivity index (χ1) is 18.4. The standard InChI is InChI=1S/C30H29NO7/c1-35-20-14-22-29(26(15-20)38-4)27(16-5-7-17(8-6-16)30(33)34)28-21(31-22)11-19(12-23(28)32)18-9-10-24(36-2)25(13-18)37-3/h5-10,13-15,19,27,31H,11-12H2,1-4H3,(H,33,34)/t19-,27-/m0/s1. The summed E-state index contributed by atoms with van der Waals surface area (Å²) in [6.45, 7) is 0. The SMILES string of the molecule is COc1cc2c(c(OC)c1)[C@@H](c1ccc(C(=O)O)cc1)C1=C(C[C@H](c3ccc(OC)c(OC)c3)CC1=O)N2. The van der Waals surface area contributed by atoms with Crippen molar-refractivity contribution in [2.45, 2.75) is 24.7 Å². The maximum Gasteiger partial charge on any atom is 0.335 e. The Bertz CT molecular complexity index is 1440. The van der Waals surface area contributed by atoms with Gasteiger partial charge in [0, 0.05) is 47.0 Å². The molecular formula is C30H29NO7. The molecule has 1 aliphatic heterocycles. The topological polar surface area (TPSA) is 103 Å². The summed E-state index contributed by atoms with van der Waals surface area (Å²) in [4.78, 5) is 25.3. The zero-order valence-electron chi connectivity index (χ0n) is 21.7. The molecule has 2 atom stereocenters. The molecule has 1 aliphatic carbocycles. The van der Waals surface area contributed by atoms with Crippen molar-refractivity contribution in [1.29, 1.82) is 0 Å². The molecule has 8 heteroatoms. The Labute approximate surface area is 220 Å². The van der Waals surface area contributed by atoms with E-state index < -0.39 is 11.9 Å². The third kappa shape index (κ3) is 4.32. The van der Waals surface area contributed by atoms with Gasteiger partial charge in [0.05, 0.1) is 34.0 Å². The van der Waals surface area contributed by atoms with Crippen molar-refractivity contribution in [3.05, 3.63) is 88.1 Å². The normalized spacial score (nSPS) is 18.2. The summed E-state index contributed by atoms with van der Waals surface area (Å²) < 4.78 is 22.1. The van der Waals surface area contributed by atoms with E-state index in [1.807, 2.05) is 24.3 Å². The highest BCUT2D eigenvalue weighted by Crippen LogP contribution is 2.52. The molecule has 196 valence electrons. The van der Waals surface area contributed by atoms with E-state index in [-0.39, 0.29) is 17.3 Å². The fourth-order valence-corrected chi connectivity index (χ4v) is 5.47. The number of benzene rings is 3. The van der Waals surface area contributed by atoms with Crippen molar-refractivity contribution in [2.75, 3.05) is 33.8 Å². The van der Waals surface area contributed by atoms with Gasteiger partial charge < -0.3 is 29.4 Å². The van der Waals surface area contributed by atoms with Crippen LogP contribution in [0.4, 0.5) is 5.69 Å². The maximum atomic E-state index is 13.9. The van der Waals surface area contributed by atoms with Crippen LogP contribution in [0.1, 0.15) is 51.7 Å². The number of methoxy groups -OCH3 is 4. The monoisotopic (exact) mass is 515 g/mol. The minimum Gasteiger partial charge on any atom is -0.497 e. The highest BCUT2D eigenvalue weighted by Gasteiger charge is 2.40. The zero-order valence-corrected chi connectivity index (χ0v) is 21.7. The number of aromatic carboxylic acids is 1. The molecule has 0 unspecified atom stereocenters. The number of hydrogen-bond acceptors (Lipinski definition) is 7. The average Bonchev–Trinajstić information content (AvgIpc) is 2.94. The largest absolute Gasteiger partial charge is 0.497 e. The molecule has 5 rings (SSSR count). The van der Waals surface area contributed by atoms with Gasteiger partial charge in [0.15, 0.2) is 17.3 Å². The van der Waals surface area contributed by atoms with Crippen LogP contribution in [-0.2, 0) is 4.79 Å². The van der Waals surface area contributed by atoms with Crippen LogP contribution in [0.25, 0.3) is 0 Å². The number of hydrogen-bond donors (Lipinski definition) is 2. The number of fused-ring (bicyclic) bond motifs is 1. The van der Waals surface area contributed by atoms with E-state index in [0.717, 1.165) is 28.1 Å². The van der Waals surface area contributed by atoms with Crippen molar-refractivity contribution in [3.63, 3.8) is 0 Å². The molecule has 38 heavy (non-hydrogen) atoms. The molecule has 0 aromatic heterocycles. The Morgan fingerprint density at radius 3 is 2.13 bits per heavy atom. The lowest BCUT2D eigenvalue weighted by Crippen LogP contribution is -2.30. The number of ketones is 1. The first-order valence-corrected chi connectivity index (χ1v) is 12.2. The molecule has 0 bridgehead atoms. The zero-order chi connectivity index (χ0) is 27.0. The van der Waals surface area contributed by atoms with Gasteiger partial charge in [0.1, 0.15) is 11.5 Å². The van der Waals surface area contributed by atoms with E-state index >= 15 is 0 Å². The maximum absolute atomic E-state index is 13.9. The molecule has 0 spiro atoms. The highest BCUT2D eigenvalue weighted by molar-refractivity contribution is 6.02. The second-order valence-corrected chi connectivity index (χ2v) is 9.31. The number of nitrogens with one attached hydrogen (secondary N) is 1. The fourth-order valence-electron chi connectivity index (χ4n) is 5.47. The van der Waals surface area contributed by atoms with Crippen LogP contribution in [0.5, 0.6) is 23.0 Å². The number of anilines is 1. The van der Waals surface area contributed by atoms with E-state index in [9.17, 15) is 14.7 Å². The van der Waals surface area contributed by atoms with Crippen molar-refractivity contribution >= 4 is 17.4 Å². The molecule has 2 N–H and O–H groups in total. The Morgan fingerprint density at radius 1 is 0.816 bits per heavy atom. The first kappa shape index (κ1) is 25.2. The van der Waals surface area contributed by atoms with E-state index in [1.165, 1.54) is 0 Å². The van der Waals surface area contributed by atoms with Crippen LogP contribution in [0.15, 0.2) is 65.9 Å². The van der Waals surface area contributed by atoms with Gasteiger partial charge in [-0.1, -0.05) is 18.2 Å². The van der Waals surface area contributed by atoms with Crippen molar-refractivity contribution < 1.29 is 33.6 Å². The first-order valence-electron chi connectivity index (χ1n) is 12.2. The number of carboxylic acids is 1. The minimum absolute atomic E-state index is 0.0226. The number of Topliss-reactive ketones (excluding diaryl/α,β-unsaturated/α-hetero) is 1. The summed E-state index contributed by atoms with van der Waals surface area (Å²) in [6, 6.07) is 16.1. The van der Waals surface area contributed by atoms with E-state index in [1.54, 1.807) is 58.8 Å². The predicted molar refractivity (Wildman–Crippen MR) is 142 cm³/mol. The van der Waals surface area contributed by atoms with E-state index in [2.05, 4.69) is 5.32 Å². The molecule has 1 heterocycles. The second-order valence-electron chi connectivity index (χ2n) is 9.31. The van der Waals surface area contributed by atoms with Gasteiger partial charge in [-0.15, -0.1) is 0 Å². The minimum atomic E-state index is -1.00. The van der Waals surface area contributed by atoms with Crippen LogP contribution >= 0.6 is 0 Å². The quantitative estimate of drug-likeness (QED) is 0.433. The second kappa shape index (κ2) is 10.1. The van der Waals surface area contributed by atoms with Crippen LogP contribution in [0, 0.1) is 0 Å². The lowest BCUT2D eigenvalue weighted by molar-refractivity contribution is -0.116. The average molecular weight is 516 g/mol. The molecule has 3 aromatic carbocycles. The molecule has 0 saturated carbocycles. The number of carbonyl (C=O) groups excluding carboxylic acids is 1. The number of ether oxygens (including phenoxy) is 4. The van der Waals surface area contributed by atoms with Crippen molar-refractivity contribution in [1.82, 2.24) is 0 Å². The Morgan fingerprint density at radius 2 is 1.50 bits per heavy atom. The Balaban J connectivity index is 1.63. The highest BCUT2D eigenvalue weighted by atomic mass is 16.5. The third-order valence-corrected chi connectivity index (χ3v) is 7.31. The molecule has 0 amide bonds. The Hall–Kier alpha value is -4.46. The molecule has 0 fully saturated rings. The van der Waals surface area contributed by atoms with Gasteiger partial charge in [-0.05, 0) is 47.7 Å². The van der Waals surface area contributed by atoms with E-state index in [4.69, 9.17) is 18.9 Å². The lowest BCUT2D eigenvalue weighted by atomic mass is 9.71. The number of carboxylic acid groups (broad SMARTS) is 1. The third-order valence-electron chi connectivity index (χ3n) is 7.31. The molecular weight excluding hydrogens is 486 g/mol. The van der Waals surface area contributed by atoms with Crippen LogP contribution in [0.3, 0.4) is 0 Å². The molecule has 8 nitrogen and oxygen atoms in total. The molecule has 0 saturated heterocycles. The van der Waals surface area contributed by atoms with Gasteiger partial charge >= 0.3 is 5.97 Å². The fraction of sp³-hybridized carbons (Fsp3) is 0.267. The number of allylic oxidation sites excluding steroid dienone is 2. The summed E-state index contributed by atoms with van der Waals surface area (Å²) in [5, 5.41) is 12.9. The summed E-state index contributed by atoms with van der Waals surface area (Å²) in [6.07, 6.45) is 0.937. The van der Waals surface area contributed by atoms with Crippen molar-refractivity contribution in [2.24, 2.45) is 0 Å². The van der Waals surface area contributed by atoms with Gasteiger partial charge in [0.2, 0.25) is 0 Å². The van der Waals surface area contributed by atoms with Gasteiger partial charge in [-0.2, -0.15) is 0 Å². The molecule has 2 aliphatic rings.